The van der Waals surface area contributed by atoms with E-state index in [9.17, 15) is 34.0 Å². The summed E-state index contributed by atoms with van der Waals surface area (Å²) < 4.78 is 14.3. The molecule has 6 heterocycles. The van der Waals surface area contributed by atoms with Crippen LogP contribution in [-0.2, 0) is 9.59 Å². The molecule has 0 saturated heterocycles. The zero-order valence-electron chi connectivity index (χ0n) is 25.9. The molecule has 1 aromatic carbocycles. The lowest BCUT2D eigenvalue weighted by atomic mass is 10.1. The first-order valence-corrected chi connectivity index (χ1v) is 17.4. The molecule has 0 bridgehead atoms. The monoisotopic (exact) mass is 740 g/mol. The Morgan fingerprint density at radius 2 is 1.40 bits per heavy atom. The van der Waals surface area contributed by atoms with Crippen molar-refractivity contribution in [1.82, 2.24) is 18.8 Å². The van der Waals surface area contributed by atoms with E-state index in [1.165, 1.54) is 26.2 Å². The van der Waals surface area contributed by atoms with Crippen LogP contribution < -0.4 is 42.1 Å². The van der Waals surface area contributed by atoms with Crippen molar-refractivity contribution in [1.29, 1.82) is 5.26 Å². The summed E-state index contributed by atoms with van der Waals surface area (Å²) in [6, 6.07) is 4.25. The average Bonchev–Trinajstić information content (AvgIpc) is 3.68. The van der Waals surface area contributed by atoms with Crippen LogP contribution in [0.4, 0.5) is 5.69 Å². The molecule has 0 saturated carbocycles. The molecule has 7 rings (SSSR count). The summed E-state index contributed by atoms with van der Waals surface area (Å²) in [5.41, 5.74) is -2.33. The van der Waals surface area contributed by atoms with Gasteiger partial charge in [-0.1, -0.05) is 47.0 Å². The zero-order valence-corrected chi connectivity index (χ0v) is 29.2. The van der Waals surface area contributed by atoms with E-state index < -0.39 is 34.2 Å². The van der Waals surface area contributed by atoms with E-state index in [0.29, 0.717) is 33.3 Å². The number of hydrogen-bond acceptors (Lipinski definition) is 15. The van der Waals surface area contributed by atoms with E-state index >= 15 is 0 Å². The van der Waals surface area contributed by atoms with Crippen LogP contribution in [0.2, 0.25) is 0 Å². The molecule has 0 radical (unpaired) electrons. The molecule has 50 heavy (non-hydrogen) atoms. The predicted molar refractivity (Wildman–Crippen MR) is 186 cm³/mol. The first kappa shape index (κ1) is 33.1. The summed E-state index contributed by atoms with van der Waals surface area (Å²) in [7, 11) is 0. The molecule has 18 heteroatoms. The maximum absolute atomic E-state index is 13.9. The third-order valence-electron chi connectivity index (χ3n) is 7.56. The molecule has 246 valence electrons. The summed E-state index contributed by atoms with van der Waals surface area (Å²) in [5, 5.41) is 10.4. The number of fused-ring (bicyclic) bond motifs is 4. The van der Waals surface area contributed by atoms with E-state index in [4.69, 9.17) is 16.0 Å². The van der Waals surface area contributed by atoms with Gasteiger partial charge in [-0.3, -0.25) is 33.2 Å². The van der Waals surface area contributed by atoms with Crippen molar-refractivity contribution in [2.24, 2.45) is 0 Å². The minimum absolute atomic E-state index is 0.0120. The number of carbonyl (C=O) groups excluding carboxylic acids is 2. The minimum Gasteiger partial charge on any atom is -0.424 e. The van der Waals surface area contributed by atoms with Crippen molar-refractivity contribution in [3.8, 4) is 17.6 Å². The van der Waals surface area contributed by atoms with Crippen LogP contribution in [0.15, 0.2) is 63.3 Å². The summed E-state index contributed by atoms with van der Waals surface area (Å²) in [4.78, 5) is 90.2. The molecule has 0 fully saturated rings. The lowest BCUT2D eigenvalue weighted by Crippen LogP contribution is -2.40. The molecule has 5 aromatic rings. The number of nitrogens with zero attached hydrogens (tertiary/aromatic N) is 6. The van der Waals surface area contributed by atoms with Gasteiger partial charge in [0.05, 0.1) is 45.4 Å². The number of hydrogen-bond donors (Lipinski definition) is 0. The van der Waals surface area contributed by atoms with E-state index in [0.717, 1.165) is 68.0 Å². The Bertz CT molecular complexity index is 2870. The Hall–Kier alpha value is -5.40. The van der Waals surface area contributed by atoms with Gasteiger partial charge >= 0.3 is 11.9 Å². The number of pyridine rings is 2. The number of esters is 2. The van der Waals surface area contributed by atoms with Gasteiger partial charge in [0.1, 0.15) is 6.07 Å². The molecule has 2 aliphatic heterocycles. The molecule has 4 aromatic heterocycles. The van der Waals surface area contributed by atoms with Crippen molar-refractivity contribution >= 4 is 84.4 Å². The van der Waals surface area contributed by atoms with Crippen LogP contribution in [0.25, 0.3) is 24.6 Å². The summed E-state index contributed by atoms with van der Waals surface area (Å²) in [5.74, 6) is -1.18. The Morgan fingerprint density at radius 3 is 1.92 bits per heavy atom. The Balaban J connectivity index is 1.56. The quantitative estimate of drug-likeness (QED) is 0.146. The van der Waals surface area contributed by atoms with Gasteiger partial charge in [0.25, 0.3) is 27.9 Å². The second-order valence-electron chi connectivity index (χ2n) is 10.6. The number of ether oxygens (including phenoxy) is 2. The van der Waals surface area contributed by atoms with Gasteiger partial charge < -0.3 is 9.47 Å². The van der Waals surface area contributed by atoms with Gasteiger partial charge in [0.15, 0.2) is 22.8 Å². The maximum atomic E-state index is 13.9. The van der Waals surface area contributed by atoms with E-state index in [2.05, 4.69) is 14.8 Å². The van der Waals surface area contributed by atoms with Gasteiger partial charge in [0, 0.05) is 43.6 Å². The molecule has 0 spiro atoms. The Kier molecular flexibility index (Phi) is 8.07. The first-order chi connectivity index (χ1) is 23.9. The lowest BCUT2D eigenvalue weighted by molar-refractivity contribution is -0.133. The summed E-state index contributed by atoms with van der Waals surface area (Å²) in [6.07, 6.45) is 2.46. The largest absolute Gasteiger partial charge is 0.424 e. The molecule has 0 amide bonds. The smallest absolute Gasteiger partial charge is 0.308 e. The number of thioether (sulfide) groups is 4. The highest BCUT2D eigenvalue weighted by Crippen LogP contribution is 2.68. The van der Waals surface area contributed by atoms with Crippen LogP contribution in [0, 0.1) is 31.8 Å². The van der Waals surface area contributed by atoms with Gasteiger partial charge in [-0.2, -0.15) is 10.2 Å². The number of rotatable bonds is 2. The van der Waals surface area contributed by atoms with Crippen LogP contribution >= 0.6 is 47.0 Å². The second kappa shape index (κ2) is 12.2. The molecule has 0 unspecified atom stereocenters. The third-order valence-corrected chi connectivity index (χ3v) is 12.8. The van der Waals surface area contributed by atoms with Crippen molar-refractivity contribution in [3.05, 3.63) is 104 Å². The standard InChI is InChI=1S/C32H16N6O8S4/c1-11-15(10-33)27-35-8-6-17(42)38(27)29(43)19(11)32-49-25-21(45-13(3)39)23-24(22(26(25)50-32)46-14(4)40)48-31(47-23)18-12(2)20(34-5)30(44)37-9-7-16(41)36-28(18)37/h6-9H,1-4H3. The average molecular weight is 741 g/mol. The fourth-order valence-electron chi connectivity index (χ4n) is 5.48. The zero-order chi connectivity index (χ0) is 35.8. The van der Waals surface area contributed by atoms with Gasteiger partial charge in [-0.25, -0.2) is 14.2 Å². The second-order valence-corrected chi connectivity index (χ2v) is 15.2. The predicted octanol–water partition coefficient (Wildman–Crippen LogP) is 2.68. The summed E-state index contributed by atoms with van der Waals surface area (Å²) >= 11 is 4.27. The van der Waals surface area contributed by atoms with Gasteiger partial charge in [0.2, 0.25) is 0 Å². The normalized spacial score (nSPS) is 13.2. The topological polar surface area (TPSA) is 184 Å². The van der Waals surface area contributed by atoms with Crippen molar-refractivity contribution in [2.75, 3.05) is 0 Å². The number of benzene rings is 1. The van der Waals surface area contributed by atoms with Crippen molar-refractivity contribution in [2.45, 2.75) is 47.3 Å². The molecule has 2 aliphatic rings. The van der Waals surface area contributed by atoms with Crippen LogP contribution in [0.1, 0.15) is 30.5 Å². The van der Waals surface area contributed by atoms with Crippen molar-refractivity contribution < 1.29 is 19.1 Å². The molecule has 0 atom stereocenters. The highest BCUT2D eigenvalue weighted by molar-refractivity contribution is 8.33. The van der Waals surface area contributed by atoms with Crippen LogP contribution in [0.3, 0.4) is 0 Å². The third kappa shape index (κ3) is 4.99. The highest BCUT2D eigenvalue weighted by atomic mass is 32.2. The Labute approximate surface area is 295 Å². The molecule has 0 aliphatic carbocycles. The van der Waals surface area contributed by atoms with E-state index in [1.54, 1.807) is 13.8 Å². The number of carbonyl (C=O) groups is 2. The summed E-state index contributed by atoms with van der Waals surface area (Å²) in [6.45, 7) is 13.2. The first-order valence-electron chi connectivity index (χ1n) is 14.1. The van der Waals surface area contributed by atoms with Crippen LogP contribution in [-0.4, -0.2) is 30.7 Å². The SMILES string of the molecule is [C-]#[N+]c1c(C)c(=C2Sc3c(OC(C)=O)c4c(c(OC(C)=O)c3S2)SC(=c2c(C)c(C#N)c3nccc(=O)n3c2=O)S4)c2nc(=O)ccn2c1=O. The highest BCUT2D eigenvalue weighted by Gasteiger charge is 2.39. The minimum atomic E-state index is -0.713. The lowest BCUT2D eigenvalue weighted by Gasteiger charge is -2.15. The number of aromatic nitrogens is 4. The van der Waals surface area contributed by atoms with Crippen LogP contribution in [0.5, 0.6) is 11.5 Å². The fourth-order valence-corrected chi connectivity index (χ4v) is 11.2. The number of nitriles is 1. The fraction of sp³-hybridized carbons (Fsp3) is 0.125. The van der Waals surface area contributed by atoms with Gasteiger partial charge in [-0.15, -0.1) is 0 Å². The molecular weight excluding hydrogens is 725 g/mol. The molecule has 0 N–H and O–H groups in total. The molecular formula is C32H16N6O8S4. The van der Waals surface area contributed by atoms with E-state index in [1.807, 2.05) is 6.07 Å². The molecule has 14 nitrogen and oxygen atoms in total. The Morgan fingerprint density at radius 1 is 0.840 bits per heavy atom. The maximum Gasteiger partial charge on any atom is 0.308 e. The van der Waals surface area contributed by atoms with Crippen molar-refractivity contribution in [3.63, 3.8) is 0 Å². The van der Waals surface area contributed by atoms with Gasteiger partial charge in [-0.05, 0) is 25.0 Å². The van der Waals surface area contributed by atoms with E-state index in [-0.39, 0.29) is 50.4 Å².